The number of carbonyl (C=O) groups is 3. The lowest BCUT2D eigenvalue weighted by Gasteiger charge is -2.23. The molecule has 1 aliphatic heterocycles. The molecule has 0 aromatic heterocycles. The van der Waals surface area contributed by atoms with E-state index in [0.29, 0.717) is 22.4 Å². The van der Waals surface area contributed by atoms with Gasteiger partial charge in [0.05, 0.1) is 17.9 Å². The Hall–Kier alpha value is -3.97. The summed E-state index contributed by atoms with van der Waals surface area (Å²) in [6.45, 7) is 7.87. The van der Waals surface area contributed by atoms with Crippen LogP contribution in [0.4, 0.5) is 11.4 Å². The molecule has 38 heavy (non-hydrogen) atoms. The number of rotatable bonds is 8. The number of aryl methyl sites for hydroxylation is 1. The predicted molar refractivity (Wildman–Crippen MR) is 150 cm³/mol. The Morgan fingerprint density at radius 1 is 0.868 bits per heavy atom. The molecule has 1 aliphatic rings. The fourth-order valence-electron chi connectivity index (χ4n) is 4.60. The highest BCUT2D eigenvalue weighted by atomic mass is 16.5. The number of Topliss-reactive ketones (excluding diaryl/α,β-unsaturated/α-hetero) is 1. The summed E-state index contributed by atoms with van der Waals surface area (Å²) in [6.07, 6.45) is 1.13. The number of esters is 1. The monoisotopic (exact) mass is 513 g/mol. The van der Waals surface area contributed by atoms with E-state index in [2.05, 4.69) is 22.2 Å². The number of nitrogens with zero attached hydrogens (tertiary/aromatic N) is 2. The van der Waals surface area contributed by atoms with Crippen LogP contribution in [0.25, 0.3) is 0 Å². The first-order valence-electron chi connectivity index (χ1n) is 13.1. The number of likely N-dealkylation sites (N-methyl/N-ethyl adjacent to an activating group) is 1. The van der Waals surface area contributed by atoms with E-state index in [1.807, 2.05) is 31.2 Å². The second-order valence-electron chi connectivity index (χ2n) is 9.67. The molecule has 198 valence electrons. The highest BCUT2D eigenvalue weighted by Crippen LogP contribution is 2.26. The third kappa shape index (κ3) is 6.66. The largest absolute Gasteiger partial charge is 0.462 e. The van der Waals surface area contributed by atoms with Crippen LogP contribution >= 0.6 is 0 Å². The van der Waals surface area contributed by atoms with Crippen LogP contribution in [0, 0.1) is 6.92 Å². The third-order valence-corrected chi connectivity index (χ3v) is 6.82. The van der Waals surface area contributed by atoms with E-state index >= 15 is 0 Å². The zero-order valence-electron chi connectivity index (χ0n) is 22.3. The molecule has 0 saturated carbocycles. The number of para-hydroxylation sites is 1. The predicted octanol–water partition coefficient (Wildman–Crippen LogP) is 4.99. The van der Waals surface area contributed by atoms with Crippen molar-refractivity contribution in [3.63, 3.8) is 0 Å². The molecular weight excluding hydrogens is 478 g/mol. The van der Waals surface area contributed by atoms with Gasteiger partial charge >= 0.3 is 5.97 Å². The zero-order valence-corrected chi connectivity index (χ0v) is 22.3. The van der Waals surface area contributed by atoms with E-state index in [1.165, 1.54) is 0 Å². The van der Waals surface area contributed by atoms with Gasteiger partial charge in [0.1, 0.15) is 0 Å². The summed E-state index contributed by atoms with van der Waals surface area (Å²) < 4.78 is 5.23. The standard InChI is InChI=1S/C31H35N3O4/c1-4-38-31(37)27-8-5-7-25(21-28(35)23-11-9-22(2)10-12-23)29(27)32-30(36)24-13-15-26(16-14-24)34-18-6-17-33(3)19-20-34/h5,7-16H,4,6,17-21H2,1-3H3,(H,32,36). The summed E-state index contributed by atoms with van der Waals surface area (Å²) in [6, 6.07) is 19.9. The maximum atomic E-state index is 13.3. The minimum absolute atomic E-state index is 0.0360. The molecule has 1 saturated heterocycles. The van der Waals surface area contributed by atoms with Gasteiger partial charge in [0.15, 0.2) is 5.78 Å². The summed E-state index contributed by atoms with van der Waals surface area (Å²) in [4.78, 5) is 43.7. The van der Waals surface area contributed by atoms with Gasteiger partial charge in [0, 0.05) is 42.9 Å². The summed E-state index contributed by atoms with van der Waals surface area (Å²) >= 11 is 0. The van der Waals surface area contributed by atoms with Crippen LogP contribution < -0.4 is 10.2 Å². The molecule has 7 nitrogen and oxygen atoms in total. The number of nitrogens with one attached hydrogen (secondary N) is 1. The Kier molecular flexibility index (Phi) is 8.92. The highest BCUT2D eigenvalue weighted by molar-refractivity contribution is 6.09. The lowest BCUT2D eigenvalue weighted by atomic mass is 9.98. The Bertz CT molecular complexity index is 1290. The average molecular weight is 514 g/mol. The van der Waals surface area contributed by atoms with Crippen LogP contribution in [-0.2, 0) is 11.2 Å². The topological polar surface area (TPSA) is 78.9 Å². The molecule has 1 fully saturated rings. The van der Waals surface area contributed by atoms with E-state index in [0.717, 1.165) is 43.9 Å². The molecule has 0 bridgehead atoms. The van der Waals surface area contributed by atoms with Crippen LogP contribution in [-0.4, -0.2) is 62.4 Å². The molecule has 1 amide bonds. The van der Waals surface area contributed by atoms with Crippen LogP contribution in [0.1, 0.15) is 55.5 Å². The molecule has 3 aromatic carbocycles. The maximum absolute atomic E-state index is 13.3. The van der Waals surface area contributed by atoms with Gasteiger partial charge in [-0.2, -0.15) is 0 Å². The molecule has 0 unspecified atom stereocenters. The third-order valence-electron chi connectivity index (χ3n) is 6.82. The van der Waals surface area contributed by atoms with Crippen molar-refractivity contribution in [3.05, 3.63) is 94.5 Å². The fourth-order valence-corrected chi connectivity index (χ4v) is 4.60. The lowest BCUT2D eigenvalue weighted by molar-refractivity contribution is 0.0527. The Morgan fingerprint density at radius 3 is 2.29 bits per heavy atom. The molecule has 1 heterocycles. The SMILES string of the molecule is CCOC(=O)c1cccc(CC(=O)c2ccc(C)cc2)c1NC(=O)c1ccc(N2CCCN(C)CC2)cc1. The van der Waals surface area contributed by atoms with Crippen LogP contribution in [0.3, 0.4) is 0 Å². The number of hydrogen-bond donors (Lipinski definition) is 1. The fraction of sp³-hybridized carbons (Fsp3) is 0.323. The highest BCUT2D eigenvalue weighted by Gasteiger charge is 2.21. The summed E-state index contributed by atoms with van der Waals surface area (Å²) in [5.41, 5.74) is 4.26. The maximum Gasteiger partial charge on any atom is 0.340 e. The second-order valence-corrected chi connectivity index (χ2v) is 9.67. The zero-order chi connectivity index (χ0) is 27.1. The summed E-state index contributed by atoms with van der Waals surface area (Å²) in [5.74, 6) is -1.00. The van der Waals surface area contributed by atoms with Crippen molar-refractivity contribution in [3.8, 4) is 0 Å². The first kappa shape index (κ1) is 27.1. The van der Waals surface area contributed by atoms with Gasteiger partial charge < -0.3 is 19.9 Å². The molecule has 1 N–H and O–H groups in total. The van der Waals surface area contributed by atoms with Gasteiger partial charge in [0.25, 0.3) is 5.91 Å². The molecule has 0 atom stereocenters. The molecule has 0 radical (unpaired) electrons. The quantitative estimate of drug-likeness (QED) is 0.338. The number of hydrogen-bond acceptors (Lipinski definition) is 6. The molecule has 7 heteroatoms. The number of ketones is 1. The van der Waals surface area contributed by atoms with Crippen molar-refractivity contribution in [1.29, 1.82) is 0 Å². The number of amides is 1. The van der Waals surface area contributed by atoms with Crippen molar-refractivity contribution in [2.75, 3.05) is 50.1 Å². The first-order chi connectivity index (χ1) is 18.4. The van der Waals surface area contributed by atoms with E-state index in [4.69, 9.17) is 4.74 Å². The van der Waals surface area contributed by atoms with Crippen LogP contribution in [0.5, 0.6) is 0 Å². The Labute approximate surface area is 224 Å². The van der Waals surface area contributed by atoms with E-state index < -0.39 is 5.97 Å². The Balaban J connectivity index is 1.57. The van der Waals surface area contributed by atoms with Gasteiger partial charge in [-0.15, -0.1) is 0 Å². The van der Waals surface area contributed by atoms with Crippen molar-refractivity contribution < 1.29 is 19.1 Å². The van der Waals surface area contributed by atoms with Gasteiger partial charge in [-0.05, 0) is 69.8 Å². The lowest BCUT2D eigenvalue weighted by Crippen LogP contribution is -2.28. The van der Waals surface area contributed by atoms with E-state index in [-0.39, 0.29) is 30.3 Å². The van der Waals surface area contributed by atoms with Crippen molar-refractivity contribution in [2.45, 2.75) is 26.7 Å². The molecule has 0 aliphatic carbocycles. The normalized spacial score (nSPS) is 14.0. The number of carbonyl (C=O) groups excluding carboxylic acids is 3. The Morgan fingerprint density at radius 2 is 1.58 bits per heavy atom. The van der Waals surface area contributed by atoms with Gasteiger partial charge in [0.2, 0.25) is 0 Å². The number of benzene rings is 3. The molecule has 3 aromatic rings. The van der Waals surface area contributed by atoms with Gasteiger partial charge in [-0.25, -0.2) is 4.79 Å². The summed E-state index contributed by atoms with van der Waals surface area (Å²) in [5, 5.41) is 2.90. The van der Waals surface area contributed by atoms with E-state index in [1.54, 1.807) is 49.4 Å². The molecule has 4 rings (SSSR count). The van der Waals surface area contributed by atoms with Gasteiger partial charge in [-0.1, -0.05) is 42.0 Å². The van der Waals surface area contributed by atoms with Crippen molar-refractivity contribution in [2.24, 2.45) is 0 Å². The van der Waals surface area contributed by atoms with Crippen molar-refractivity contribution in [1.82, 2.24) is 4.90 Å². The summed E-state index contributed by atoms with van der Waals surface area (Å²) in [7, 11) is 2.13. The first-order valence-corrected chi connectivity index (χ1v) is 13.1. The average Bonchev–Trinajstić information content (AvgIpc) is 3.14. The number of ether oxygens (including phenoxy) is 1. The molecular formula is C31H35N3O4. The second kappa shape index (κ2) is 12.5. The van der Waals surface area contributed by atoms with Crippen molar-refractivity contribution >= 4 is 29.0 Å². The van der Waals surface area contributed by atoms with Gasteiger partial charge in [-0.3, -0.25) is 9.59 Å². The minimum Gasteiger partial charge on any atom is -0.462 e. The van der Waals surface area contributed by atoms with Crippen LogP contribution in [0.15, 0.2) is 66.7 Å². The smallest absolute Gasteiger partial charge is 0.340 e. The minimum atomic E-state index is -0.547. The molecule has 0 spiro atoms. The number of anilines is 2. The van der Waals surface area contributed by atoms with E-state index in [9.17, 15) is 14.4 Å². The van der Waals surface area contributed by atoms with Crippen LogP contribution in [0.2, 0.25) is 0 Å².